The molecule has 2 atom stereocenters. The Morgan fingerprint density at radius 1 is 0.931 bits per heavy atom. The second kappa shape index (κ2) is 11.4. The van der Waals surface area contributed by atoms with Crippen molar-refractivity contribution < 1.29 is 14.5 Å². The molecule has 5 heteroatoms. The summed E-state index contributed by atoms with van der Waals surface area (Å²) in [6.07, 6.45) is 1.74. The second-order valence-corrected chi connectivity index (χ2v) is 7.66. The van der Waals surface area contributed by atoms with Gasteiger partial charge in [0.15, 0.2) is 13.1 Å². The standard InChI is InChI=1S/C24H33N3O2/c1-5-15-27(17-24(29)26-22-10-8-7-9-19(22)4)16-23(28)25-21(6-2)20-13-11-18(3)12-14-20/h7-14,21H,5-6,15-17H2,1-4H3,(H,25,28)(H,26,29)/p+1/t21-/m0/s1. The molecule has 2 aromatic rings. The van der Waals surface area contributed by atoms with Crippen LogP contribution in [0, 0.1) is 13.8 Å². The summed E-state index contributed by atoms with van der Waals surface area (Å²) in [5.41, 5.74) is 4.16. The monoisotopic (exact) mass is 396 g/mol. The number of nitrogens with one attached hydrogen (secondary N) is 3. The topological polar surface area (TPSA) is 62.6 Å². The highest BCUT2D eigenvalue weighted by Gasteiger charge is 2.20. The van der Waals surface area contributed by atoms with E-state index in [2.05, 4.69) is 55.7 Å². The fourth-order valence-corrected chi connectivity index (χ4v) is 3.42. The minimum Gasteiger partial charge on any atom is -0.344 e. The van der Waals surface area contributed by atoms with Gasteiger partial charge in [-0.25, -0.2) is 0 Å². The fraction of sp³-hybridized carbons (Fsp3) is 0.417. The van der Waals surface area contributed by atoms with Gasteiger partial charge in [0.05, 0.1) is 12.6 Å². The fourth-order valence-electron chi connectivity index (χ4n) is 3.42. The molecule has 0 aromatic heterocycles. The smallest absolute Gasteiger partial charge is 0.279 e. The zero-order chi connectivity index (χ0) is 21.2. The SMILES string of the molecule is CCC[NH+](CC(=O)Nc1ccccc1C)CC(=O)N[C@@H](CC)c1ccc(C)cc1. The van der Waals surface area contributed by atoms with Crippen molar-refractivity contribution in [3.8, 4) is 0 Å². The summed E-state index contributed by atoms with van der Waals surface area (Å²) in [5.74, 6) is -0.0920. The van der Waals surface area contributed by atoms with Crippen LogP contribution < -0.4 is 15.5 Å². The van der Waals surface area contributed by atoms with Gasteiger partial charge in [-0.3, -0.25) is 9.59 Å². The van der Waals surface area contributed by atoms with E-state index in [1.807, 2.05) is 31.2 Å². The summed E-state index contributed by atoms with van der Waals surface area (Å²) in [5, 5.41) is 6.10. The Balaban J connectivity index is 1.94. The Morgan fingerprint density at radius 3 is 2.21 bits per heavy atom. The van der Waals surface area contributed by atoms with Gasteiger partial charge in [0.1, 0.15) is 0 Å². The summed E-state index contributed by atoms with van der Waals surface area (Å²) in [6.45, 7) is 9.49. The molecule has 1 unspecified atom stereocenters. The Morgan fingerprint density at radius 2 is 1.59 bits per heavy atom. The second-order valence-electron chi connectivity index (χ2n) is 7.66. The van der Waals surface area contributed by atoms with Gasteiger partial charge >= 0.3 is 0 Å². The normalized spacial score (nSPS) is 12.8. The molecule has 0 aliphatic heterocycles. The van der Waals surface area contributed by atoms with Crippen molar-refractivity contribution in [1.82, 2.24) is 5.32 Å². The Kier molecular flexibility index (Phi) is 8.87. The number of hydrogen-bond donors (Lipinski definition) is 3. The van der Waals surface area contributed by atoms with Gasteiger partial charge in [0.25, 0.3) is 11.8 Å². The molecule has 0 radical (unpaired) electrons. The van der Waals surface area contributed by atoms with Gasteiger partial charge in [0, 0.05) is 5.69 Å². The number of quaternary nitrogens is 1. The largest absolute Gasteiger partial charge is 0.344 e. The zero-order valence-corrected chi connectivity index (χ0v) is 18.0. The Bertz CT molecular complexity index is 802. The van der Waals surface area contributed by atoms with E-state index in [9.17, 15) is 9.59 Å². The number of para-hydroxylation sites is 1. The molecular formula is C24H34N3O2+. The number of carbonyl (C=O) groups excluding carboxylic acids is 2. The third kappa shape index (κ3) is 7.35. The lowest BCUT2D eigenvalue weighted by molar-refractivity contribution is -0.883. The van der Waals surface area contributed by atoms with E-state index < -0.39 is 0 Å². The van der Waals surface area contributed by atoms with E-state index in [4.69, 9.17) is 0 Å². The van der Waals surface area contributed by atoms with Crippen molar-refractivity contribution in [2.24, 2.45) is 0 Å². The maximum atomic E-state index is 12.7. The predicted molar refractivity (Wildman–Crippen MR) is 118 cm³/mol. The summed E-state index contributed by atoms with van der Waals surface area (Å²) in [4.78, 5) is 26.1. The molecule has 2 aromatic carbocycles. The maximum absolute atomic E-state index is 12.7. The van der Waals surface area contributed by atoms with Crippen LogP contribution in [0.15, 0.2) is 48.5 Å². The van der Waals surface area contributed by atoms with Gasteiger partial charge in [-0.2, -0.15) is 0 Å². The van der Waals surface area contributed by atoms with Crippen LogP contribution >= 0.6 is 0 Å². The molecule has 0 aliphatic carbocycles. The minimum atomic E-state index is -0.0684. The zero-order valence-electron chi connectivity index (χ0n) is 18.0. The number of rotatable bonds is 10. The van der Waals surface area contributed by atoms with Crippen molar-refractivity contribution in [2.45, 2.75) is 46.6 Å². The van der Waals surface area contributed by atoms with Crippen molar-refractivity contribution in [1.29, 1.82) is 0 Å². The van der Waals surface area contributed by atoms with Crippen molar-refractivity contribution in [3.05, 3.63) is 65.2 Å². The lowest BCUT2D eigenvalue weighted by atomic mass is 10.0. The number of amides is 2. The van der Waals surface area contributed by atoms with Gasteiger partial charge in [-0.1, -0.05) is 61.9 Å². The molecule has 29 heavy (non-hydrogen) atoms. The average molecular weight is 397 g/mol. The molecule has 2 rings (SSSR count). The van der Waals surface area contributed by atoms with E-state index in [-0.39, 0.29) is 30.9 Å². The lowest BCUT2D eigenvalue weighted by Gasteiger charge is -2.21. The van der Waals surface area contributed by atoms with Crippen LogP contribution in [-0.4, -0.2) is 31.4 Å². The first-order valence-electron chi connectivity index (χ1n) is 10.5. The van der Waals surface area contributed by atoms with Gasteiger partial charge < -0.3 is 15.5 Å². The molecule has 3 N–H and O–H groups in total. The van der Waals surface area contributed by atoms with Crippen LogP contribution in [0.4, 0.5) is 5.69 Å². The molecule has 5 nitrogen and oxygen atoms in total. The molecule has 0 heterocycles. The summed E-state index contributed by atoms with van der Waals surface area (Å²) >= 11 is 0. The molecule has 0 fully saturated rings. The van der Waals surface area contributed by atoms with E-state index in [1.165, 1.54) is 5.56 Å². The third-order valence-corrected chi connectivity index (χ3v) is 5.07. The quantitative estimate of drug-likeness (QED) is 0.578. The summed E-state index contributed by atoms with van der Waals surface area (Å²) < 4.78 is 0. The molecule has 0 spiro atoms. The number of aryl methyl sites for hydroxylation is 2. The van der Waals surface area contributed by atoms with Crippen molar-refractivity contribution in [3.63, 3.8) is 0 Å². The van der Waals surface area contributed by atoms with Crippen molar-refractivity contribution in [2.75, 3.05) is 25.0 Å². The lowest BCUT2D eigenvalue weighted by Crippen LogP contribution is -3.14. The maximum Gasteiger partial charge on any atom is 0.279 e. The van der Waals surface area contributed by atoms with Crippen LogP contribution in [0.25, 0.3) is 0 Å². The number of hydrogen-bond acceptors (Lipinski definition) is 2. The third-order valence-electron chi connectivity index (χ3n) is 5.07. The number of anilines is 1. The molecule has 0 bridgehead atoms. The van der Waals surface area contributed by atoms with Crippen LogP contribution in [0.3, 0.4) is 0 Å². The molecule has 2 amide bonds. The first-order chi connectivity index (χ1) is 13.9. The van der Waals surface area contributed by atoms with Crippen LogP contribution in [0.2, 0.25) is 0 Å². The number of carbonyl (C=O) groups is 2. The van der Waals surface area contributed by atoms with Crippen LogP contribution in [0.5, 0.6) is 0 Å². The first kappa shape index (κ1) is 22.6. The Hall–Kier alpha value is -2.66. The molecule has 0 aliphatic rings. The minimum absolute atomic E-state index is 0.00762. The molecule has 156 valence electrons. The highest BCUT2D eigenvalue weighted by molar-refractivity contribution is 5.92. The number of benzene rings is 2. The van der Waals surface area contributed by atoms with Crippen LogP contribution in [0.1, 0.15) is 49.4 Å². The predicted octanol–water partition coefficient (Wildman–Crippen LogP) is 2.80. The van der Waals surface area contributed by atoms with Gasteiger partial charge in [0.2, 0.25) is 0 Å². The first-order valence-corrected chi connectivity index (χ1v) is 10.5. The average Bonchev–Trinajstić information content (AvgIpc) is 2.69. The van der Waals surface area contributed by atoms with Gasteiger partial charge in [-0.15, -0.1) is 0 Å². The van der Waals surface area contributed by atoms with E-state index in [0.29, 0.717) is 0 Å². The molecule has 0 saturated carbocycles. The summed E-state index contributed by atoms with van der Waals surface area (Å²) in [7, 11) is 0. The van der Waals surface area contributed by atoms with E-state index in [0.717, 1.165) is 41.1 Å². The van der Waals surface area contributed by atoms with E-state index in [1.54, 1.807) is 0 Å². The highest BCUT2D eigenvalue weighted by Crippen LogP contribution is 2.16. The molecular weight excluding hydrogens is 362 g/mol. The van der Waals surface area contributed by atoms with Gasteiger partial charge in [-0.05, 0) is 43.9 Å². The Labute approximate surface area is 174 Å². The van der Waals surface area contributed by atoms with Crippen molar-refractivity contribution >= 4 is 17.5 Å². The van der Waals surface area contributed by atoms with E-state index >= 15 is 0 Å². The van der Waals surface area contributed by atoms with Crippen LogP contribution in [-0.2, 0) is 9.59 Å². The summed E-state index contributed by atoms with van der Waals surface area (Å²) in [6, 6.07) is 16.0. The highest BCUT2D eigenvalue weighted by atomic mass is 16.2. The molecule has 0 saturated heterocycles.